The van der Waals surface area contributed by atoms with E-state index in [0.29, 0.717) is 6.04 Å². The first-order valence-corrected chi connectivity index (χ1v) is 7.67. The first-order chi connectivity index (χ1) is 8.75. The van der Waals surface area contributed by atoms with E-state index < -0.39 is 0 Å². The summed E-state index contributed by atoms with van der Waals surface area (Å²) in [5.74, 6) is 0. The van der Waals surface area contributed by atoms with Crippen LogP contribution in [-0.4, -0.2) is 61.1 Å². The molecule has 0 spiro atoms. The van der Waals surface area contributed by atoms with Crippen LogP contribution in [0.25, 0.3) is 0 Å². The van der Waals surface area contributed by atoms with Gasteiger partial charge in [-0.3, -0.25) is 0 Å². The minimum absolute atomic E-state index is 0.387. The van der Waals surface area contributed by atoms with Crippen molar-refractivity contribution in [3.8, 4) is 0 Å². The van der Waals surface area contributed by atoms with Crippen LogP contribution in [0.5, 0.6) is 0 Å². The summed E-state index contributed by atoms with van der Waals surface area (Å²) in [7, 11) is 2.20. The summed E-state index contributed by atoms with van der Waals surface area (Å²) in [6.45, 7) is 9.34. The fraction of sp³-hybridized carbons (Fsp3) is 0.769. The molecule has 0 amide bonds. The molecule has 102 valence electrons. The van der Waals surface area contributed by atoms with Gasteiger partial charge in [0, 0.05) is 37.8 Å². The number of piperazine rings is 1. The molecule has 0 bridgehead atoms. The molecule has 1 saturated heterocycles. The predicted molar refractivity (Wildman–Crippen MR) is 77.1 cm³/mol. The molecule has 1 N–H and O–H groups in total. The third-order valence-corrected chi connectivity index (χ3v) is 4.48. The summed E-state index contributed by atoms with van der Waals surface area (Å²) in [6, 6.07) is 0.387. The van der Waals surface area contributed by atoms with Crippen molar-refractivity contribution >= 4 is 11.3 Å². The first-order valence-electron chi connectivity index (χ1n) is 6.79. The molecule has 0 saturated carbocycles. The summed E-state index contributed by atoms with van der Waals surface area (Å²) >= 11 is 1.73. The molecule has 2 heterocycles. The fourth-order valence-corrected chi connectivity index (χ4v) is 2.90. The lowest BCUT2D eigenvalue weighted by molar-refractivity contribution is 0.152. The molecule has 1 unspecified atom stereocenters. The maximum Gasteiger partial charge on any atom is 0.109 e. The number of likely N-dealkylation sites (N-methyl/N-ethyl adjacent to an activating group) is 1. The van der Waals surface area contributed by atoms with Crippen molar-refractivity contribution < 1.29 is 0 Å². The van der Waals surface area contributed by atoms with E-state index in [9.17, 15) is 0 Å². The molecular formula is C13H24N4S. The van der Waals surface area contributed by atoms with Crippen LogP contribution in [0, 0.1) is 0 Å². The maximum atomic E-state index is 4.33. The average molecular weight is 268 g/mol. The van der Waals surface area contributed by atoms with Gasteiger partial charge in [0.15, 0.2) is 0 Å². The molecule has 4 nitrogen and oxygen atoms in total. The van der Waals surface area contributed by atoms with Crippen molar-refractivity contribution in [2.75, 3.05) is 46.3 Å². The van der Waals surface area contributed by atoms with Gasteiger partial charge in [0.25, 0.3) is 0 Å². The highest BCUT2D eigenvalue weighted by Crippen LogP contribution is 2.14. The molecule has 0 radical (unpaired) electrons. The van der Waals surface area contributed by atoms with Crippen LogP contribution >= 0.6 is 11.3 Å². The van der Waals surface area contributed by atoms with Gasteiger partial charge in [-0.2, -0.15) is 0 Å². The largest absolute Gasteiger partial charge is 0.308 e. The van der Waals surface area contributed by atoms with Gasteiger partial charge in [-0.1, -0.05) is 0 Å². The highest BCUT2D eigenvalue weighted by Gasteiger charge is 2.13. The Morgan fingerprint density at radius 2 is 2.17 bits per heavy atom. The SMILES string of the molecule is CC(NCCCN1CCN(C)CC1)c1nccs1. The van der Waals surface area contributed by atoms with Gasteiger partial charge in [0.05, 0.1) is 6.04 Å². The Kier molecular flexibility index (Phi) is 5.56. The van der Waals surface area contributed by atoms with Gasteiger partial charge in [-0.15, -0.1) is 11.3 Å². The third-order valence-electron chi connectivity index (χ3n) is 3.52. The minimum Gasteiger partial charge on any atom is -0.308 e. The Morgan fingerprint density at radius 3 is 2.83 bits per heavy atom. The van der Waals surface area contributed by atoms with Gasteiger partial charge >= 0.3 is 0 Å². The molecule has 1 aromatic heterocycles. The van der Waals surface area contributed by atoms with Crippen LogP contribution in [0.1, 0.15) is 24.4 Å². The van der Waals surface area contributed by atoms with Gasteiger partial charge in [-0.25, -0.2) is 4.98 Å². The highest BCUT2D eigenvalue weighted by molar-refractivity contribution is 7.09. The van der Waals surface area contributed by atoms with Gasteiger partial charge < -0.3 is 15.1 Å². The normalized spacial score (nSPS) is 20.1. The molecule has 5 heteroatoms. The molecule has 18 heavy (non-hydrogen) atoms. The van der Waals surface area contributed by atoms with Crippen molar-refractivity contribution in [1.29, 1.82) is 0 Å². The molecule has 1 aliphatic heterocycles. The minimum atomic E-state index is 0.387. The first kappa shape index (κ1) is 13.9. The van der Waals surface area contributed by atoms with Gasteiger partial charge in [0.1, 0.15) is 5.01 Å². The van der Waals surface area contributed by atoms with Crippen LogP contribution in [0.3, 0.4) is 0 Å². The summed E-state index contributed by atoms with van der Waals surface area (Å²) in [6.07, 6.45) is 3.10. The lowest BCUT2D eigenvalue weighted by Crippen LogP contribution is -2.45. The second kappa shape index (κ2) is 7.19. The molecule has 1 aliphatic rings. The van der Waals surface area contributed by atoms with Gasteiger partial charge in [-0.05, 0) is 33.5 Å². The zero-order valence-corrected chi connectivity index (χ0v) is 12.2. The Bertz CT molecular complexity index is 320. The van der Waals surface area contributed by atoms with Crippen LogP contribution in [-0.2, 0) is 0 Å². The van der Waals surface area contributed by atoms with Crippen molar-refractivity contribution in [2.45, 2.75) is 19.4 Å². The number of nitrogens with one attached hydrogen (secondary N) is 1. The van der Waals surface area contributed by atoms with E-state index >= 15 is 0 Å². The van der Waals surface area contributed by atoms with Crippen LogP contribution in [0.4, 0.5) is 0 Å². The molecule has 1 atom stereocenters. The molecule has 0 aromatic carbocycles. The summed E-state index contributed by atoms with van der Waals surface area (Å²) in [5, 5.41) is 6.77. The molecule has 1 aromatic rings. The summed E-state index contributed by atoms with van der Waals surface area (Å²) < 4.78 is 0. The van der Waals surface area contributed by atoms with E-state index in [2.05, 4.69) is 34.1 Å². The van der Waals surface area contributed by atoms with Crippen LogP contribution in [0.2, 0.25) is 0 Å². The maximum absolute atomic E-state index is 4.33. The Morgan fingerprint density at radius 1 is 1.39 bits per heavy atom. The predicted octanol–water partition coefficient (Wildman–Crippen LogP) is 1.43. The van der Waals surface area contributed by atoms with Gasteiger partial charge in [0.2, 0.25) is 0 Å². The van der Waals surface area contributed by atoms with Crippen molar-refractivity contribution in [2.24, 2.45) is 0 Å². The number of hydrogen-bond donors (Lipinski definition) is 1. The number of aromatic nitrogens is 1. The standard InChI is InChI=1S/C13H24N4S/c1-12(13-15-5-11-18-13)14-4-3-6-17-9-7-16(2)8-10-17/h5,11-12,14H,3-4,6-10H2,1-2H3. The van der Waals surface area contributed by atoms with E-state index in [-0.39, 0.29) is 0 Å². The molecule has 2 rings (SSSR count). The Labute approximate surface area is 114 Å². The number of rotatable bonds is 6. The van der Waals surface area contributed by atoms with Crippen molar-refractivity contribution in [1.82, 2.24) is 20.1 Å². The lowest BCUT2D eigenvalue weighted by Gasteiger charge is -2.32. The molecule has 0 aliphatic carbocycles. The topological polar surface area (TPSA) is 31.4 Å². The van der Waals surface area contributed by atoms with E-state index in [1.807, 2.05) is 11.6 Å². The zero-order valence-electron chi connectivity index (χ0n) is 11.4. The number of hydrogen-bond acceptors (Lipinski definition) is 5. The lowest BCUT2D eigenvalue weighted by atomic mass is 10.3. The van der Waals surface area contributed by atoms with E-state index in [1.54, 1.807) is 11.3 Å². The van der Waals surface area contributed by atoms with E-state index in [4.69, 9.17) is 0 Å². The smallest absolute Gasteiger partial charge is 0.109 e. The van der Waals surface area contributed by atoms with Crippen molar-refractivity contribution in [3.63, 3.8) is 0 Å². The van der Waals surface area contributed by atoms with Crippen molar-refractivity contribution in [3.05, 3.63) is 16.6 Å². The van der Waals surface area contributed by atoms with E-state index in [1.165, 1.54) is 44.2 Å². The third kappa shape index (κ3) is 4.31. The zero-order chi connectivity index (χ0) is 12.8. The second-order valence-corrected chi connectivity index (χ2v) is 5.97. The Balaban J connectivity index is 1.56. The van der Waals surface area contributed by atoms with Crippen LogP contribution < -0.4 is 5.32 Å². The fourth-order valence-electron chi connectivity index (χ4n) is 2.23. The Hall–Kier alpha value is -0.490. The summed E-state index contributed by atoms with van der Waals surface area (Å²) in [5.41, 5.74) is 0. The number of thiazole rings is 1. The molecule has 1 fully saturated rings. The van der Waals surface area contributed by atoms with E-state index in [0.717, 1.165) is 6.54 Å². The monoisotopic (exact) mass is 268 g/mol. The second-order valence-electron chi connectivity index (χ2n) is 5.04. The molecular weight excluding hydrogens is 244 g/mol. The highest BCUT2D eigenvalue weighted by atomic mass is 32.1. The average Bonchev–Trinajstić information content (AvgIpc) is 2.90. The summed E-state index contributed by atoms with van der Waals surface area (Å²) in [4.78, 5) is 9.30. The number of nitrogens with zero attached hydrogens (tertiary/aromatic N) is 3. The van der Waals surface area contributed by atoms with Crippen LogP contribution in [0.15, 0.2) is 11.6 Å². The quantitative estimate of drug-likeness (QED) is 0.791.